The molecule has 0 aliphatic carbocycles. The summed E-state index contributed by atoms with van der Waals surface area (Å²) in [5.74, 6) is 0. The molecule has 4 nitrogen and oxygen atoms in total. The molecule has 0 unspecified atom stereocenters. The molecule has 1 aromatic carbocycles. The van der Waals surface area contributed by atoms with E-state index in [2.05, 4.69) is 65.1 Å². The van der Waals surface area contributed by atoms with Gasteiger partial charge in [-0.3, -0.25) is 4.52 Å². The van der Waals surface area contributed by atoms with Gasteiger partial charge in [0.05, 0.1) is 6.61 Å². The normalized spacial score (nSPS) is 13.5. The molecule has 0 aliphatic rings. The third-order valence-electron chi connectivity index (χ3n) is 3.62. The van der Waals surface area contributed by atoms with Crippen molar-refractivity contribution in [2.45, 2.75) is 65.7 Å². The summed E-state index contributed by atoms with van der Waals surface area (Å²) < 4.78 is 15.6. The van der Waals surface area contributed by atoms with Gasteiger partial charge < -0.3 is 9.79 Å². The largest absolute Gasteiger partial charge is 0.469 e. The van der Waals surface area contributed by atoms with Crippen LogP contribution >= 0.6 is 7.82 Å². The molecule has 0 aliphatic heterocycles. The zero-order valence-electron chi connectivity index (χ0n) is 14.7. The lowest BCUT2D eigenvalue weighted by atomic mass is 9.74. The van der Waals surface area contributed by atoms with Crippen molar-refractivity contribution in [3.63, 3.8) is 0 Å². The summed E-state index contributed by atoms with van der Waals surface area (Å²) in [5, 5.41) is 0. The van der Waals surface area contributed by atoms with Crippen LogP contribution in [-0.2, 0) is 26.3 Å². The van der Waals surface area contributed by atoms with Crippen molar-refractivity contribution in [1.29, 1.82) is 0 Å². The number of rotatable bonds is 4. The molecule has 126 valence electrons. The summed E-state index contributed by atoms with van der Waals surface area (Å²) in [5.41, 5.74) is 4.69. The number of aryl methyl sites for hydroxylation is 1. The highest BCUT2D eigenvalue weighted by Gasteiger charge is 2.26. The Balaban J connectivity index is 3.33. The standard InChI is InChI=1S/C17H29O4P/c1-12-10-14(16(2,3)4)13(8-9-21-22(18,19)20)15(11-12)17(5,6)7/h10-11H,8-9H2,1-7H3,(H2,18,19,20). The first kappa shape index (κ1) is 19.4. The summed E-state index contributed by atoms with van der Waals surface area (Å²) >= 11 is 0. The molecule has 0 radical (unpaired) electrons. The average Bonchev–Trinajstić information content (AvgIpc) is 2.26. The van der Waals surface area contributed by atoms with Gasteiger partial charge in [-0.15, -0.1) is 0 Å². The predicted octanol–water partition coefficient (Wildman–Crippen LogP) is 4.24. The van der Waals surface area contributed by atoms with Crippen LogP contribution in [0.2, 0.25) is 0 Å². The van der Waals surface area contributed by atoms with Gasteiger partial charge in [0.25, 0.3) is 0 Å². The Morgan fingerprint density at radius 3 is 1.73 bits per heavy atom. The molecule has 0 amide bonds. The first-order chi connectivity index (χ1) is 9.72. The third kappa shape index (κ3) is 5.51. The fourth-order valence-electron chi connectivity index (χ4n) is 2.69. The van der Waals surface area contributed by atoms with Crippen LogP contribution < -0.4 is 0 Å². The predicted molar refractivity (Wildman–Crippen MR) is 90.3 cm³/mol. The van der Waals surface area contributed by atoms with E-state index in [1.165, 1.54) is 16.7 Å². The minimum atomic E-state index is -4.42. The van der Waals surface area contributed by atoms with Gasteiger partial charge in [0.15, 0.2) is 0 Å². The second-order valence-corrected chi connectivity index (χ2v) is 9.15. The maximum absolute atomic E-state index is 10.9. The van der Waals surface area contributed by atoms with E-state index in [4.69, 9.17) is 9.79 Å². The van der Waals surface area contributed by atoms with E-state index in [1.807, 2.05) is 0 Å². The molecule has 0 fully saturated rings. The van der Waals surface area contributed by atoms with Crippen molar-refractivity contribution in [3.05, 3.63) is 34.4 Å². The van der Waals surface area contributed by atoms with E-state index < -0.39 is 7.82 Å². The topological polar surface area (TPSA) is 66.8 Å². The molecular formula is C17H29O4P. The van der Waals surface area contributed by atoms with E-state index in [0.29, 0.717) is 6.42 Å². The smallest absolute Gasteiger partial charge is 0.303 e. The quantitative estimate of drug-likeness (QED) is 0.811. The fraction of sp³-hybridized carbons (Fsp3) is 0.647. The van der Waals surface area contributed by atoms with Crippen molar-refractivity contribution in [2.24, 2.45) is 0 Å². The number of phosphoric acid groups is 1. The Bertz CT molecular complexity index is 538. The van der Waals surface area contributed by atoms with Gasteiger partial charge >= 0.3 is 7.82 Å². The van der Waals surface area contributed by atoms with Crippen molar-refractivity contribution >= 4 is 7.82 Å². The molecule has 22 heavy (non-hydrogen) atoms. The Labute approximate surface area is 134 Å². The van der Waals surface area contributed by atoms with Gasteiger partial charge in [0.2, 0.25) is 0 Å². The fourth-order valence-corrected chi connectivity index (χ4v) is 3.02. The monoisotopic (exact) mass is 328 g/mol. The molecule has 0 saturated carbocycles. The van der Waals surface area contributed by atoms with Crippen LogP contribution in [0.1, 0.15) is 63.8 Å². The summed E-state index contributed by atoms with van der Waals surface area (Å²) in [6, 6.07) is 4.34. The van der Waals surface area contributed by atoms with E-state index in [1.54, 1.807) is 0 Å². The molecule has 0 heterocycles. The van der Waals surface area contributed by atoms with Gasteiger partial charge in [0, 0.05) is 0 Å². The Morgan fingerprint density at radius 1 is 1.00 bits per heavy atom. The molecular weight excluding hydrogens is 299 g/mol. The second-order valence-electron chi connectivity index (χ2n) is 7.91. The number of phosphoric ester groups is 1. The maximum Gasteiger partial charge on any atom is 0.469 e. The first-order valence-electron chi connectivity index (χ1n) is 7.56. The van der Waals surface area contributed by atoms with Crippen LogP contribution in [0.15, 0.2) is 12.1 Å². The first-order valence-corrected chi connectivity index (χ1v) is 9.09. The molecule has 1 aromatic rings. The van der Waals surface area contributed by atoms with E-state index >= 15 is 0 Å². The highest BCUT2D eigenvalue weighted by molar-refractivity contribution is 7.46. The third-order valence-corrected chi connectivity index (χ3v) is 4.14. The second kappa shape index (κ2) is 6.45. The van der Waals surface area contributed by atoms with E-state index in [9.17, 15) is 4.57 Å². The summed E-state index contributed by atoms with van der Waals surface area (Å²) in [4.78, 5) is 17.8. The summed E-state index contributed by atoms with van der Waals surface area (Å²) in [6.07, 6.45) is 0.491. The summed E-state index contributed by atoms with van der Waals surface area (Å²) in [7, 11) is -4.42. The Kier molecular flexibility index (Phi) is 5.68. The molecule has 0 aromatic heterocycles. The van der Waals surface area contributed by atoms with Crippen LogP contribution in [0, 0.1) is 6.92 Å². The SMILES string of the molecule is Cc1cc(C(C)(C)C)c(CCOP(=O)(O)O)c(C(C)(C)C)c1. The molecule has 1 rings (SSSR count). The lowest BCUT2D eigenvalue weighted by Crippen LogP contribution is -2.22. The lowest BCUT2D eigenvalue weighted by Gasteiger charge is -2.31. The van der Waals surface area contributed by atoms with Crippen LogP contribution in [0.3, 0.4) is 0 Å². The highest BCUT2D eigenvalue weighted by Crippen LogP contribution is 2.38. The van der Waals surface area contributed by atoms with Gasteiger partial charge in [-0.05, 0) is 40.9 Å². The highest BCUT2D eigenvalue weighted by atomic mass is 31.2. The maximum atomic E-state index is 10.9. The van der Waals surface area contributed by atoms with Crippen LogP contribution in [0.4, 0.5) is 0 Å². The van der Waals surface area contributed by atoms with Crippen LogP contribution in [-0.4, -0.2) is 16.4 Å². The Hall–Kier alpha value is -0.670. The van der Waals surface area contributed by atoms with Crippen LogP contribution in [0.25, 0.3) is 0 Å². The van der Waals surface area contributed by atoms with Gasteiger partial charge in [0.1, 0.15) is 0 Å². The molecule has 5 heteroatoms. The minimum Gasteiger partial charge on any atom is -0.303 e. The molecule has 2 N–H and O–H groups in total. The van der Waals surface area contributed by atoms with Crippen molar-refractivity contribution < 1.29 is 18.9 Å². The zero-order chi connectivity index (χ0) is 17.3. The number of benzene rings is 1. The van der Waals surface area contributed by atoms with Crippen LogP contribution in [0.5, 0.6) is 0 Å². The minimum absolute atomic E-state index is 0.0134. The van der Waals surface area contributed by atoms with E-state index in [0.717, 1.165) is 5.56 Å². The molecule has 0 saturated heterocycles. The van der Waals surface area contributed by atoms with Crippen molar-refractivity contribution in [3.8, 4) is 0 Å². The summed E-state index contributed by atoms with van der Waals surface area (Å²) in [6.45, 7) is 15.0. The van der Waals surface area contributed by atoms with Gasteiger partial charge in [-0.1, -0.05) is 59.2 Å². The number of hydrogen-bond donors (Lipinski definition) is 2. The molecule has 0 atom stereocenters. The molecule has 0 bridgehead atoms. The van der Waals surface area contributed by atoms with E-state index in [-0.39, 0.29) is 17.4 Å². The van der Waals surface area contributed by atoms with Gasteiger partial charge in [-0.2, -0.15) is 0 Å². The lowest BCUT2D eigenvalue weighted by molar-refractivity contribution is 0.199. The molecule has 0 spiro atoms. The van der Waals surface area contributed by atoms with Crippen molar-refractivity contribution in [2.75, 3.05) is 6.61 Å². The average molecular weight is 328 g/mol. The van der Waals surface area contributed by atoms with Crippen molar-refractivity contribution in [1.82, 2.24) is 0 Å². The zero-order valence-corrected chi connectivity index (χ0v) is 15.6. The Morgan fingerprint density at radius 2 is 1.41 bits per heavy atom. The van der Waals surface area contributed by atoms with Gasteiger partial charge in [-0.25, -0.2) is 4.57 Å². The number of hydrogen-bond acceptors (Lipinski definition) is 2.